The lowest BCUT2D eigenvalue weighted by Crippen LogP contribution is -2.08. The maximum absolute atomic E-state index is 4.64. The molecule has 0 aliphatic rings. The van der Waals surface area contributed by atoms with E-state index in [9.17, 15) is 0 Å². The number of nitrogens with zero attached hydrogens (tertiary/aromatic N) is 9. The third kappa shape index (κ3) is 7.82. The maximum atomic E-state index is 4.64. The summed E-state index contributed by atoms with van der Waals surface area (Å²) < 4.78 is 0. The molecule has 316 valence electrons. The van der Waals surface area contributed by atoms with E-state index in [1.54, 1.807) is 6.20 Å². The van der Waals surface area contributed by atoms with Crippen LogP contribution in [0.1, 0.15) is 13.8 Å². The van der Waals surface area contributed by atoms with Crippen molar-refractivity contribution in [2.45, 2.75) is 13.8 Å². The lowest BCUT2D eigenvalue weighted by atomic mass is 10.0. The standard InChI is InChI=1S/C26H21N7.C24H16N6.C2H6/c1-33(2)18-10-17(13-28-14-18)23-12-21-25(15-29-23)31-32-26(21)24-11-20-19(4-3-5-22(20)30-24)16-6-8-27-9-7-16;1-4-17(15-6-9-25-10-7-15)18-11-22(28-20(18)5-1)24-19-12-21(16-3-2-8-26-13-16)27-14-23(19)29-30-24;1-2/h3-15,30H,1-2H3,(H,31,32);1-14,28H,(H,29,30);1-2H3. The Kier molecular flexibility index (Phi) is 10.8. The van der Waals surface area contributed by atoms with Crippen molar-refractivity contribution in [3.63, 3.8) is 0 Å². The molecule has 13 nitrogen and oxygen atoms in total. The molecular weight excluding hydrogens is 807 g/mol. The fraction of sp³-hybridized carbons (Fsp3) is 0.0769. The minimum absolute atomic E-state index is 0.856. The van der Waals surface area contributed by atoms with Crippen LogP contribution in [0.5, 0.6) is 0 Å². The van der Waals surface area contributed by atoms with Gasteiger partial charge >= 0.3 is 0 Å². The summed E-state index contributed by atoms with van der Waals surface area (Å²) in [5.41, 5.74) is 16.8. The van der Waals surface area contributed by atoms with E-state index in [2.05, 4.69) is 127 Å². The molecule has 0 saturated heterocycles. The molecule has 4 N–H and O–H groups in total. The minimum atomic E-state index is 0.856. The number of anilines is 1. The van der Waals surface area contributed by atoms with Gasteiger partial charge in [0.25, 0.3) is 0 Å². The van der Waals surface area contributed by atoms with Crippen molar-refractivity contribution >= 4 is 49.3 Å². The first-order valence-electron chi connectivity index (χ1n) is 21.3. The van der Waals surface area contributed by atoms with Gasteiger partial charge in [-0.15, -0.1) is 0 Å². The largest absolute Gasteiger partial charge is 0.376 e. The number of benzene rings is 2. The quantitative estimate of drug-likeness (QED) is 0.122. The molecule has 13 heteroatoms. The van der Waals surface area contributed by atoms with Gasteiger partial charge in [0.15, 0.2) is 0 Å². The van der Waals surface area contributed by atoms with Gasteiger partial charge in [0.1, 0.15) is 11.4 Å². The first-order chi connectivity index (χ1) is 32.0. The van der Waals surface area contributed by atoms with Crippen LogP contribution in [-0.2, 0) is 0 Å². The molecule has 0 amide bonds. The molecule has 12 aromatic rings. The molecule has 0 spiro atoms. The predicted molar refractivity (Wildman–Crippen MR) is 261 cm³/mol. The average Bonchev–Trinajstić information content (AvgIpc) is 4.20. The van der Waals surface area contributed by atoms with Crippen molar-refractivity contribution in [2.24, 2.45) is 0 Å². The first-order valence-corrected chi connectivity index (χ1v) is 21.3. The lowest BCUT2D eigenvalue weighted by molar-refractivity contribution is 1.11. The Morgan fingerprint density at radius 3 is 1.45 bits per heavy atom. The molecule has 0 fully saturated rings. The molecule has 10 heterocycles. The molecule has 65 heavy (non-hydrogen) atoms. The predicted octanol–water partition coefficient (Wildman–Crippen LogP) is 11.6. The number of rotatable bonds is 7. The Hall–Kier alpha value is -8.84. The summed E-state index contributed by atoms with van der Waals surface area (Å²) in [6.07, 6.45) is 18.2. The van der Waals surface area contributed by atoms with Crippen LogP contribution < -0.4 is 4.90 Å². The molecule has 0 aliphatic heterocycles. The van der Waals surface area contributed by atoms with Crippen LogP contribution in [0.25, 0.3) is 111 Å². The van der Waals surface area contributed by atoms with Gasteiger partial charge in [0.2, 0.25) is 0 Å². The zero-order chi connectivity index (χ0) is 44.3. The minimum Gasteiger partial charge on any atom is -0.376 e. The monoisotopic (exact) mass is 849 g/mol. The SMILES string of the molecule is CC.CN(C)c1cncc(-c2cc3c(-c4cc5c(-c6ccncc6)cccc5[nH]4)n[nH]c3cn2)c1.c1cncc(-c2cc3c(-c4cc5c(-c6ccncc6)cccc5[nH]4)n[nH]c3cn2)c1. The molecule has 0 aliphatic carbocycles. The topological polar surface area (TPSA) is 170 Å². The molecular formula is C52H43N13. The van der Waals surface area contributed by atoms with Gasteiger partial charge in [-0.05, 0) is 101 Å². The lowest BCUT2D eigenvalue weighted by Gasteiger charge is -2.12. The smallest absolute Gasteiger partial charge is 0.116 e. The number of pyridine rings is 6. The highest BCUT2D eigenvalue weighted by Gasteiger charge is 2.17. The molecule has 0 radical (unpaired) electrons. The normalized spacial score (nSPS) is 11.1. The summed E-state index contributed by atoms with van der Waals surface area (Å²) in [4.78, 5) is 35.2. The van der Waals surface area contributed by atoms with Crippen molar-refractivity contribution < 1.29 is 0 Å². The highest BCUT2D eigenvalue weighted by Crippen LogP contribution is 2.37. The van der Waals surface area contributed by atoms with Crippen molar-refractivity contribution in [3.05, 3.63) is 165 Å². The first kappa shape index (κ1) is 40.2. The highest BCUT2D eigenvalue weighted by molar-refractivity contribution is 6.03. The highest BCUT2D eigenvalue weighted by atomic mass is 15.1. The number of hydrogen-bond acceptors (Lipinski definition) is 9. The van der Waals surface area contributed by atoms with Gasteiger partial charge < -0.3 is 14.9 Å². The van der Waals surface area contributed by atoms with Crippen LogP contribution in [0.2, 0.25) is 0 Å². The van der Waals surface area contributed by atoms with E-state index in [0.29, 0.717) is 0 Å². The van der Waals surface area contributed by atoms with Crippen LogP contribution in [-0.4, -0.2) is 74.4 Å². The van der Waals surface area contributed by atoms with E-state index in [-0.39, 0.29) is 0 Å². The molecule has 0 bridgehead atoms. The summed E-state index contributed by atoms with van der Waals surface area (Å²) in [6, 6.07) is 35.1. The van der Waals surface area contributed by atoms with Gasteiger partial charge in [-0.2, -0.15) is 10.2 Å². The molecule has 0 atom stereocenters. The van der Waals surface area contributed by atoms with E-state index >= 15 is 0 Å². The maximum Gasteiger partial charge on any atom is 0.116 e. The summed E-state index contributed by atoms with van der Waals surface area (Å²) in [6.45, 7) is 4.00. The summed E-state index contributed by atoms with van der Waals surface area (Å²) >= 11 is 0. The van der Waals surface area contributed by atoms with Crippen molar-refractivity contribution in [1.82, 2.24) is 60.3 Å². The molecule has 12 rings (SSSR count). The fourth-order valence-corrected chi connectivity index (χ4v) is 8.02. The zero-order valence-electron chi connectivity index (χ0n) is 36.1. The Labute approximate surface area is 373 Å². The van der Waals surface area contributed by atoms with Crippen LogP contribution in [0.15, 0.2) is 165 Å². The van der Waals surface area contributed by atoms with Crippen LogP contribution in [0, 0.1) is 0 Å². The number of hydrogen-bond donors (Lipinski definition) is 4. The summed E-state index contributed by atoms with van der Waals surface area (Å²) in [7, 11) is 4.00. The van der Waals surface area contributed by atoms with Gasteiger partial charge in [-0.3, -0.25) is 40.1 Å². The number of aromatic nitrogens is 12. The van der Waals surface area contributed by atoms with Crippen molar-refractivity contribution in [1.29, 1.82) is 0 Å². The van der Waals surface area contributed by atoms with E-state index in [1.807, 2.05) is 125 Å². The Bertz CT molecular complexity index is 3550. The van der Waals surface area contributed by atoms with Gasteiger partial charge in [0.05, 0.1) is 58.1 Å². The zero-order valence-corrected chi connectivity index (χ0v) is 36.1. The average molecular weight is 850 g/mol. The van der Waals surface area contributed by atoms with E-state index in [0.717, 1.165) is 117 Å². The number of nitrogens with one attached hydrogen (secondary N) is 4. The molecule has 2 aromatic carbocycles. The van der Waals surface area contributed by atoms with E-state index < -0.39 is 0 Å². The molecule has 0 unspecified atom stereocenters. The van der Waals surface area contributed by atoms with Gasteiger partial charge in [-0.1, -0.05) is 38.1 Å². The Morgan fingerprint density at radius 1 is 0.415 bits per heavy atom. The van der Waals surface area contributed by atoms with Crippen molar-refractivity contribution in [2.75, 3.05) is 19.0 Å². The van der Waals surface area contributed by atoms with Crippen molar-refractivity contribution in [3.8, 4) is 67.5 Å². The van der Waals surface area contributed by atoms with Crippen LogP contribution >= 0.6 is 0 Å². The third-order valence-electron chi connectivity index (χ3n) is 11.2. The van der Waals surface area contributed by atoms with E-state index in [1.165, 1.54) is 0 Å². The summed E-state index contributed by atoms with van der Waals surface area (Å²) in [5.74, 6) is 0. The van der Waals surface area contributed by atoms with Gasteiger partial charge in [0, 0.05) is 101 Å². The number of H-pyrrole nitrogens is 4. The second kappa shape index (κ2) is 17.5. The Morgan fingerprint density at radius 2 is 0.938 bits per heavy atom. The van der Waals surface area contributed by atoms with Crippen LogP contribution in [0.4, 0.5) is 5.69 Å². The molecule has 10 aromatic heterocycles. The fourth-order valence-electron chi connectivity index (χ4n) is 8.02. The Balaban J connectivity index is 0.000000148. The number of fused-ring (bicyclic) bond motifs is 4. The second-order valence-electron chi connectivity index (χ2n) is 15.3. The summed E-state index contributed by atoms with van der Waals surface area (Å²) in [5, 5.41) is 19.7. The van der Waals surface area contributed by atoms with E-state index in [4.69, 9.17) is 0 Å². The second-order valence-corrected chi connectivity index (χ2v) is 15.3. The third-order valence-corrected chi connectivity index (χ3v) is 11.2. The molecule has 0 saturated carbocycles. The van der Waals surface area contributed by atoms with Gasteiger partial charge in [-0.25, -0.2) is 0 Å². The van der Waals surface area contributed by atoms with Crippen LogP contribution in [0.3, 0.4) is 0 Å². The number of aromatic amines is 4.